The van der Waals surface area contributed by atoms with Crippen molar-refractivity contribution in [3.8, 4) is 0 Å². The Kier molecular flexibility index (Phi) is 3.73. The molecule has 0 amide bonds. The fourth-order valence-electron chi connectivity index (χ4n) is 2.65. The van der Waals surface area contributed by atoms with Crippen molar-refractivity contribution in [2.45, 2.75) is 39.5 Å². The van der Waals surface area contributed by atoms with E-state index >= 15 is 0 Å². The molecule has 0 saturated carbocycles. The summed E-state index contributed by atoms with van der Waals surface area (Å²) in [5, 5.41) is 0.828. The van der Waals surface area contributed by atoms with E-state index in [0.29, 0.717) is 0 Å². The molecule has 0 N–H and O–H groups in total. The van der Waals surface area contributed by atoms with Gasteiger partial charge in [0.25, 0.3) is 0 Å². The van der Waals surface area contributed by atoms with Crippen molar-refractivity contribution in [3.05, 3.63) is 46.5 Å². The normalized spacial score (nSPS) is 15.6. The summed E-state index contributed by atoms with van der Waals surface area (Å²) in [5.41, 5.74) is 6.37. The summed E-state index contributed by atoms with van der Waals surface area (Å²) < 4.78 is 0. The van der Waals surface area contributed by atoms with Crippen LogP contribution in [0.5, 0.6) is 0 Å². The fourth-order valence-corrected chi connectivity index (χ4v) is 2.92. The third kappa shape index (κ3) is 2.63. The zero-order valence-corrected chi connectivity index (χ0v) is 11.4. The predicted octanol–water partition coefficient (Wildman–Crippen LogP) is 5.64. The van der Waals surface area contributed by atoms with Gasteiger partial charge in [-0.15, -0.1) is 0 Å². The highest BCUT2D eigenvalue weighted by Crippen LogP contribution is 2.35. The Balaban J connectivity index is 2.58. The van der Waals surface area contributed by atoms with Gasteiger partial charge in [0.1, 0.15) is 0 Å². The fraction of sp³-hybridized carbons (Fsp3) is 0.375. The second-order valence-corrected chi connectivity index (χ2v) is 5.34. The van der Waals surface area contributed by atoms with E-state index in [-0.39, 0.29) is 0 Å². The monoisotopic (exact) mass is 246 g/mol. The van der Waals surface area contributed by atoms with Gasteiger partial charge in [0.05, 0.1) is 0 Å². The van der Waals surface area contributed by atoms with E-state index in [1.54, 1.807) is 0 Å². The molecule has 0 nitrogen and oxygen atoms in total. The van der Waals surface area contributed by atoms with Crippen LogP contribution in [0.15, 0.2) is 24.8 Å². The van der Waals surface area contributed by atoms with Crippen molar-refractivity contribution >= 4 is 22.7 Å². The number of hydrogen-bond acceptors (Lipinski definition) is 0. The lowest BCUT2D eigenvalue weighted by Crippen LogP contribution is -1.98. The second-order valence-electron chi connectivity index (χ2n) is 4.90. The summed E-state index contributed by atoms with van der Waals surface area (Å²) in [6.07, 6.45) is 7.32. The van der Waals surface area contributed by atoms with Crippen LogP contribution in [0, 0.1) is 6.92 Å². The molecule has 1 aliphatic rings. The molecule has 2 rings (SSSR count). The Morgan fingerprint density at radius 3 is 2.65 bits per heavy atom. The summed E-state index contributed by atoms with van der Waals surface area (Å²) in [7, 11) is 0. The van der Waals surface area contributed by atoms with Gasteiger partial charge >= 0.3 is 0 Å². The lowest BCUT2D eigenvalue weighted by molar-refractivity contribution is 0.742. The molecule has 1 aromatic rings. The molecular weight excluding hydrogens is 228 g/mol. The van der Waals surface area contributed by atoms with Crippen molar-refractivity contribution in [2.75, 3.05) is 0 Å². The summed E-state index contributed by atoms with van der Waals surface area (Å²) in [6.45, 7) is 8.29. The Morgan fingerprint density at radius 2 is 2.06 bits per heavy atom. The molecule has 0 saturated heterocycles. The first kappa shape index (κ1) is 12.4. The Hall–Kier alpha value is -1.01. The zero-order valence-electron chi connectivity index (χ0n) is 10.6. The molecule has 0 aromatic heterocycles. The zero-order chi connectivity index (χ0) is 12.4. The number of aryl methyl sites for hydroxylation is 1. The van der Waals surface area contributed by atoms with Gasteiger partial charge in [-0.05, 0) is 73.9 Å². The van der Waals surface area contributed by atoms with Crippen LogP contribution in [0.3, 0.4) is 0 Å². The third-order valence-corrected chi connectivity index (χ3v) is 3.58. The maximum atomic E-state index is 6.19. The molecule has 0 spiro atoms. The number of allylic oxidation sites excluding steroid dienone is 3. The van der Waals surface area contributed by atoms with Crippen LogP contribution in [-0.4, -0.2) is 0 Å². The Morgan fingerprint density at radius 1 is 1.29 bits per heavy atom. The summed E-state index contributed by atoms with van der Waals surface area (Å²) in [4.78, 5) is 0. The van der Waals surface area contributed by atoms with Gasteiger partial charge in [-0.2, -0.15) is 0 Å². The highest BCUT2D eigenvalue weighted by molar-refractivity contribution is 6.31. The van der Waals surface area contributed by atoms with Gasteiger partial charge in [-0.25, -0.2) is 0 Å². The van der Waals surface area contributed by atoms with E-state index in [4.69, 9.17) is 11.6 Å². The van der Waals surface area contributed by atoms with Crippen molar-refractivity contribution in [1.29, 1.82) is 0 Å². The number of hydrogen-bond donors (Lipinski definition) is 0. The molecule has 0 fully saturated rings. The van der Waals surface area contributed by atoms with Gasteiger partial charge in [0, 0.05) is 5.02 Å². The summed E-state index contributed by atoms with van der Waals surface area (Å²) >= 11 is 6.19. The maximum absolute atomic E-state index is 6.19. The molecule has 0 radical (unpaired) electrons. The van der Waals surface area contributed by atoms with Gasteiger partial charge < -0.3 is 0 Å². The van der Waals surface area contributed by atoms with Crippen molar-refractivity contribution in [1.82, 2.24) is 0 Å². The van der Waals surface area contributed by atoms with Gasteiger partial charge in [-0.3, -0.25) is 0 Å². The smallest absolute Gasteiger partial charge is 0.0415 e. The summed E-state index contributed by atoms with van der Waals surface area (Å²) in [6, 6.07) is 4.12. The molecule has 1 aromatic carbocycles. The highest BCUT2D eigenvalue weighted by atomic mass is 35.5. The quantitative estimate of drug-likeness (QED) is 0.634. The van der Waals surface area contributed by atoms with Crippen molar-refractivity contribution in [2.24, 2.45) is 0 Å². The largest absolute Gasteiger partial charge is 0.0955 e. The molecule has 0 bridgehead atoms. The van der Waals surface area contributed by atoms with Crippen LogP contribution < -0.4 is 0 Å². The molecule has 0 unspecified atom stereocenters. The minimum atomic E-state index is 0.828. The van der Waals surface area contributed by atoms with Crippen molar-refractivity contribution < 1.29 is 0 Å². The molecule has 90 valence electrons. The van der Waals surface area contributed by atoms with E-state index in [1.807, 2.05) is 6.07 Å². The first-order valence-electron chi connectivity index (χ1n) is 6.25. The average molecular weight is 247 g/mol. The topological polar surface area (TPSA) is 0 Å². The Bertz CT molecular complexity index is 481. The number of rotatable bonds is 2. The molecule has 1 aliphatic carbocycles. The van der Waals surface area contributed by atoms with Gasteiger partial charge in [-0.1, -0.05) is 29.8 Å². The molecule has 0 heterocycles. The lowest BCUT2D eigenvalue weighted by atomic mass is 9.87. The predicted molar refractivity (Wildman–Crippen MR) is 77.3 cm³/mol. The number of halogens is 1. The number of benzene rings is 1. The molecule has 1 heteroatoms. The summed E-state index contributed by atoms with van der Waals surface area (Å²) in [5.74, 6) is 0. The highest BCUT2D eigenvalue weighted by Gasteiger charge is 2.14. The van der Waals surface area contributed by atoms with Gasteiger partial charge in [0.15, 0.2) is 0 Å². The van der Waals surface area contributed by atoms with Crippen LogP contribution in [-0.2, 0) is 0 Å². The average Bonchev–Trinajstić information content (AvgIpc) is 2.28. The molecule has 0 atom stereocenters. The molecule has 17 heavy (non-hydrogen) atoms. The minimum Gasteiger partial charge on any atom is -0.0955 e. The van der Waals surface area contributed by atoms with E-state index in [0.717, 1.165) is 10.6 Å². The second kappa shape index (κ2) is 5.10. The van der Waals surface area contributed by atoms with Crippen LogP contribution in [0.25, 0.3) is 11.1 Å². The molecular formula is C16H19Cl. The van der Waals surface area contributed by atoms with Crippen LogP contribution in [0.4, 0.5) is 0 Å². The SMILES string of the molecule is C=C(C)c1c(C)cc(Cl)cc1C1=CCCCC1. The first-order valence-corrected chi connectivity index (χ1v) is 6.63. The lowest BCUT2D eigenvalue weighted by Gasteiger charge is -2.19. The minimum absolute atomic E-state index is 0.828. The molecule has 0 aliphatic heterocycles. The van der Waals surface area contributed by atoms with Crippen LogP contribution >= 0.6 is 11.6 Å². The van der Waals surface area contributed by atoms with E-state index in [9.17, 15) is 0 Å². The van der Waals surface area contributed by atoms with E-state index in [2.05, 4.69) is 32.6 Å². The van der Waals surface area contributed by atoms with E-state index in [1.165, 1.54) is 47.9 Å². The first-order chi connectivity index (χ1) is 8.09. The van der Waals surface area contributed by atoms with Gasteiger partial charge in [0.2, 0.25) is 0 Å². The third-order valence-electron chi connectivity index (χ3n) is 3.36. The maximum Gasteiger partial charge on any atom is 0.0415 e. The van der Waals surface area contributed by atoms with Crippen molar-refractivity contribution in [3.63, 3.8) is 0 Å². The van der Waals surface area contributed by atoms with E-state index < -0.39 is 0 Å². The van der Waals surface area contributed by atoms with Crippen LogP contribution in [0.1, 0.15) is 49.3 Å². The van der Waals surface area contributed by atoms with Crippen LogP contribution in [0.2, 0.25) is 5.02 Å². The Labute approximate surface area is 109 Å². The standard InChI is InChI=1S/C16H19Cl/c1-11(2)16-12(3)9-14(17)10-15(16)13-7-5-4-6-8-13/h7,9-10H,1,4-6,8H2,2-3H3.